The average molecular weight is 226 g/mol. The fraction of sp³-hybridized carbons (Fsp3) is 0.636. The van der Waals surface area contributed by atoms with E-state index in [1.807, 2.05) is 13.8 Å². The van der Waals surface area contributed by atoms with Crippen LogP contribution in [-0.4, -0.2) is 16.2 Å². The van der Waals surface area contributed by atoms with E-state index in [9.17, 15) is 0 Å². The molecule has 1 aromatic rings. The summed E-state index contributed by atoms with van der Waals surface area (Å²) in [4.78, 5) is 0. The van der Waals surface area contributed by atoms with Gasteiger partial charge in [-0.25, -0.2) is 0 Å². The lowest BCUT2D eigenvalue weighted by molar-refractivity contribution is 0.686. The second kappa shape index (κ2) is 3.97. The van der Waals surface area contributed by atoms with Gasteiger partial charge in [0.1, 0.15) is 0 Å². The zero-order valence-electron chi connectivity index (χ0n) is 9.34. The number of rotatable bonds is 3. The normalized spacial score (nSPS) is 17.6. The number of hydrogen-bond donors (Lipinski definition) is 1. The van der Waals surface area contributed by atoms with Crippen LogP contribution >= 0.6 is 11.6 Å². The van der Waals surface area contributed by atoms with Crippen molar-refractivity contribution in [2.24, 2.45) is 5.92 Å². The number of anilines is 1. The van der Waals surface area contributed by atoms with Gasteiger partial charge in [0.2, 0.25) is 0 Å². The van der Waals surface area contributed by atoms with Gasteiger partial charge in [0.25, 0.3) is 0 Å². The van der Waals surface area contributed by atoms with Crippen LogP contribution in [0.4, 0.5) is 5.82 Å². The fourth-order valence-corrected chi connectivity index (χ4v) is 1.82. The van der Waals surface area contributed by atoms with Crippen LogP contribution in [0.5, 0.6) is 0 Å². The Labute approximate surface area is 95.2 Å². The van der Waals surface area contributed by atoms with Crippen molar-refractivity contribution in [1.29, 1.82) is 0 Å². The molecule has 0 aromatic carbocycles. The van der Waals surface area contributed by atoms with Crippen LogP contribution in [0.2, 0.25) is 5.15 Å². The first kappa shape index (κ1) is 10.7. The van der Waals surface area contributed by atoms with Gasteiger partial charge in [0.05, 0.1) is 0 Å². The standard InChI is InChI=1S/C11H16ClN3/c1-6-7(2)11(15-14-10(6)12)13-8(3)9-4-5-9/h8-9H,4-5H2,1-3H3,(H,13,15). The topological polar surface area (TPSA) is 37.8 Å². The molecule has 1 aromatic heterocycles. The van der Waals surface area contributed by atoms with E-state index < -0.39 is 0 Å². The second-order valence-corrected chi connectivity index (χ2v) is 4.72. The lowest BCUT2D eigenvalue weighted by Crippen LogP contribution is -2.19. The molecule has 2 rings (SSSR count). The highest BCUT2D eigenvalue weighted by Crippen LogP contribution is 2.34. The first-order valence-electron chi connectivity index (χ1n) is 5.35. The summed E-state index contributed by atoms with van der Waals surface area (Å²) in [6.07, 6.45) is 2.65. The van der Waals surface area contributed by atoms with E-state index in [4.69, 9.17) is 11.6 Å². The molecule has 0 radical (unpaired) electrons. The maximum atomic E-state index is 5.90. The molecule has 1 fully saturated rings. The highest BCUT2D eigenvalue weighted by atomic mass is 35.5. The summed E-state index contributed by atoms with van der Waals surface area (Å²) in [6.45, 7) is 6.19. The van der Waals surface area contributed by atoms with Crippen molar-refractivity contribution in [2.45, 2.75) is 39.7 Å². The quantitative estimate of drug-likeness (QED) is 0.860. The second-order valence-electron chi connectivity index (χ2n) is 4.36. The zero-order chi connectivity index (χ0) is 11.0. The molecule has 1 aliphatic carbocycles. The molecule has 1 unspecified atom stereocenters. The Kier molecular flexibility index (Phi) is 2.83. The van der Waals surface area contributed by atoms with Crippen LogP contribution in [0.25, 0.3) is 0 Å². The van der Waals surface area contributed by atoms with Crippen LogP contribution in [0.1, 0.15) is 30.9 Å². The molecule has 1 heterocycles. The number of hydrogen-bond acceptors (Lipinski definition) is 3. The molecule has 0 amide bonds. The third kappa shape index (κ3) is 2.23. The lowest BCUT2D eigenvalue weighted by atomic mass is 10.1. The summed E-state index contributed by atoms with van der Waals surface area (Å²) in [5.41, 5.74) is 2.11. The molecule has 1 saturated carbocycles. The van der Waals surface area contributed by atoms with E-state index in [1.54, 1.807) is 0 Å². The molecule has 1 N–H and O–H groups in total. The van der Waals surface area contributed by atoms with E-state index in [2.05, 4.69) is 22.4 Å². The van der Waals surface area contributed by atoms with E-state index in [0.29, 0.717) is 11.2 Å². The van der Waals surface area contributed by atoms with Crippen LogP contribution in [-0.2, 0) is 0 Å². The molecule has 0 aliphatic heterocycles. The Morgan fingerprint density at radius 3 is 2.53 bits per heavy atom. The zero-order valence-corrected chi connectivity index (χ0v) is 10.1. The van der Waals surface area contributed by atoms with Gasteiger partial charge in [0.15, 0.2) is 11.0 Å². The minimum atomic E-state index is 0.485. The van der Waals surface area contributed by atoms with Crippen LogP contribution in [0.3, 0.4) is 0 Å². The van der Waals surface area contributed by atoms with Gasteiger partial charge in [-0.15, -0.1) is 10.2 Å². The fourth-order valence-electron chi connectivity index (χ4n) is 1.64. The minimum Gasteiger partial charge on any atom is -0.366 e. The van der Waals surface area contributed by atoms with Gasteiger partial charge < -0.3 is 5.32 Å². The van der Waals surface area contributed by atoms with Crippen molar-refractivity contribution in [3.63, 3.8) is 0 Å². The molecule has 0 saturated heterocycles. The van der Waals surface area contributed by atoms with E-state index >= 15 is 0 Å². The summed E-state index contributed by atoms with van der Waals surface area (Å²) >= 11 is 5.90. The Balaban J connectivity index is 2.17. The predicted molar refractivity (Wildman–Crippen MR) is 62.3 cm³/mol. The van der Waals surface area contributed by atoms with Crippen molar-refractivity contribution in [2.75, 3.05) is 5.32 Å². The van der Waals surface area contributed by atoms with Gasteiger partial charge in [-0.2, -0.15) is 0 Å². The summed E-state index contributed by atoms with van der Waals surface area (Å²) in [6, 6.07) is 0.485. The molecular weight excluding hydrogens is 210 g/mol. The highest BCUT2D eigenvalue weighted by Gasteiger charge is 2.28. The number of nitrogens with zero attached hydrogens (tertiary/aromatic N) is 2. The van der Waals surface area contributed by atoms with Gasteiger partial charge in [-0.3, -0.25) is 0 Å². The summed E-state index contributed by atoms with van der Waals surface area (Å²) in [5.74, 6) is 1.68. The SMILES string of the molecule is Cc1c(Cl)nnc(NC(C)C2CC2)c1C. The molecule has 82 valence electrons. The first-order chi connectivity index (χ1) is 7.09. The van der Waals surface area contributed by atoms with Gasteiger partial charge in [-0.05, 0) is 50.7 Å². The Hall–Kier alpha value is -0.830. The Bertz CT molecular complexity index is 374. The van der Waals surface area contributed by atoms with Crippen molar-refractivity contribution in [3.05, 3.63) is 16.3 Å². The highest BCUT2D eigenvalue weighted by molar-refractivity contribution is 6.30. The molecule has 1 aliphatic rings. The van der Waals surface area contributed by atoms with Gasteiger partial charge in [-0.1, -0.05) is 11.6 Å². The van der Waals surface area contributed by atoms with Gasteiger partial charge in [0, 0.05) is 6.04 Å². The lowest BCUT2D eigenvalue weighted by Gasteiger charge is -2.15. The summed E-state index contributed by atoms with van der Waals surface area (Å²) < 4.78 is 0. The van der Waals surface area contributed by atoms with E-state index in [0.717, 1.165) is 22.9 Å². The molecular formula is C11H16ClN3. The largest absolute Gasteiger partial charge is 0.366 e. The Morgan fingerprint density at radius 1 is 1.27 bits per heavy atom. The molecule has 3 nitrogen and oxygen atoms in total. The maximum absolute atomic E-state index is 5.90. The minimum absolute atomic E-state index is 0.485. The number of aromatic nitrogens is 2. The third-order valence-electron chi connectivity index (χ3n) is 3.16. The first-order valence-corrected chi connectivity index (χ1v) is 5.73. The number of halogens is 1. The Morgan fingerprint density at radius 2 is 1.93 bits per heavy atom. The van der Waals surface area contributed by atoms with Crippen molar-refractivity contribution in [3.8, 4) is 0 Å². The van der Waals surface area contributed by atoms with E-state index in [1.165, 1.54) is 12.8 Å². The molecule has 15 heavy (non-hydrogen) atoms. The predicted octanol–water partition coefficient (Wildman–Crippen LogP) is 2.96. The molecule has 1 atom stereocenters. The third-order valence-corrected chi connectivity index (χ3v) is 3.52. The van der Waals surface area contributed by atoms with Crippen molar-refractivity contribution >= 4 is 17.4 Å². The van der Waals surface area contributed by atoms with Crippen LogP contribution in [0.15, 0.2) is 0 Å². The van der Waals surface area contributed by atoms with E-state index in [-0.39, 0.29) is 0 Å². The monoisotopic (exact) mass is 225 g/mol. The van der Waals surface area contributed by atoms with Gasteiger partial charge >= 0.3 is 0 Å². The summed E-state index contributed by atoms with van der Waals surface area (Å²) in [5, 5.41) is 11.9. The molecule has 0 spiro atoms. The van der Waals surface area contributed by atoms with Crippen LogP contribution < -0.4 is 5.32 Å². The maximum Gasteiger partial charge on any atom is 0.155 e. The molecule has 4 heteroatoms. The number of nitrogens with one attached hydrogen (secondary N) is 1. The average Bonchev–Trinajstić information content (AvgIpc) is 3.02. The summed E-state index contributed by atoms with van der Waals surface area (Å²) in [7, 11) is 0. The van der Waals surface area contributed by atoms with Crippen molar-refractivity contribution in [1.82, 2.24) is 10.2 Å². The van der Waals surface area contributed by atoms with Crippen molar-refractivity contribution < 1.29 is 0 Å². The molecule has 0 bridgehead atoms. The smallest absolute Gasteiger partial charge is 0.155 e. The van der Waals surface area contributed by atoms with Crippen LogP contribution in [0, 0.1) is 19.8 Å².